The van der Waals surface area contributed by atoms with Crippen LogP contribution in [0.15, 0.2) is 48.8 Å². The summed E-state index contributed by atoms with van der Waals surface area (Å²) in [6.45, 7) is 4.19. The molecular weight excluding hydrogens is 435 g/mol. The first-order chi connectivity index (χ1) is 15.5. The van der Waals surface area contributed by atoms with Gasteiger partial charge in [-0.05, 0) is 36.2 Å². The van der Waals surface area contributed by atoms with Gasteiger partial charge in [0.1, 0.15) is 12.1 Å². The Balaban J connectivity index is 1.54. The molecule has 8 nitrogen and oxygen atoms in total. The summed E-state index contributed by atoms with van der Waals surface area (Å²) in [6, 6.07) is 12.2. The van der Waals surface area contributed by atoms with E-state index in [1.165, 1.54) is 12.4 Å². The number of halogens is 2. The highest BCUT2D eigenvalue weighted by atomic mass is 35.5. The summed E-state index contributed by atoms with van der Waals surface area (Å²) in [6.07, 6.45) is 1.31. The Morgan fingerprint density at radius 2 is 1.81 bits per heavy atom. The van der Waals surface area contributed by atoms with E-state index in [0.29, 0.717) is 43.4 Å². The van der Waals surface area contributed by atoms with E-state index in [-0.39, 0.29) is 23.1 Å². The minimum absolute atomic E-state index is 0.135. The molecule has 2 aromatic carbocycles. The average Bonchev–Trinajstić information content (AvgIpc) is 2.79. The fourth-order valence-electron chi connectivity index (χ4n) is 3.83. The molecule has 0 atom stereocenters. The van der Waals surface area contributed by atoms with Gasteiger partial charge in [0, 0.05) is 37.7 Å². The number of piperazine rings is 1. The Morgan fingerprint density at radius 3 is 2.50 bits per heavy atom. The fourth-order valence-corrected chi connectivity index (χ4v) is 4.12. The second kappa shape index (κ2) is 9.35. The van der Waals surface area contributed by atoms with Crippen molar-refractivity contribution in [2.24, 2.45) is 0 Å². The molecule has 0 amide bonds. The Labute approximate surface area is 189 Å². The molecule has 10 heteroatoms. The Kier molecular flexibility index (Phi) is 6.36. The van der Waals surface area contributed by atoms with Crippen LogP contribution in [-0.2, 0) is 6.54 Å². The van der Waals surface area contributed by atoms with E-state index in [2.05, 4.69) is 15.3 Å². The third-order valence-electron chi connectivity index (χ3n) is 5.54. The number of nitro groups is 1. The van der Waals surface area contributed by atoms with E-state index in [1.807, 2.05) is 28.9 Å². The van der Waals surface area contributed by atoms with Gasteiger partial charge in [-0.2, -0.15) is 0 Å². The van der Waals surface area contributed by atoms with Crippen molar-refractivity contribution in [1.29, 1.82) is 0 Å². The van der Waals surface area contributed by atoms with Crippen LogP contribution >= 0.6 is 11.6 Å². The van der Waals surface area contributed by atoms with Gasteiger partial charge in [0.25, 0.3) is 0 Å². The highest BCUT2D eigenvalue weighted by Crippen LogP contribution is 2.33. The lowest BCUT2D eigenvalue weighted by Crippen LogP contribution is -2.47. The molecule has 3 aromatic rings. The number of aryl methyl sites for hydroxylation is 1. The first-order valence-corrected chi connectivity index (χ1v) is 10.5. The van der Waals surface area contributed by atoms with Crippen molar-refractivity contribution in [2.75, 3.05) is 41.3 Å². The lowest BCUT2D eigenvalue weighted by molar-refractivity contribution is -0.383. The molecule has 0 saturated carbocycles. The van der Waals surface area contributed by atoms with Gasteiger partial charge in [0.15, 0.2) is 0 Å². The van der Waals surface area contributed by atoms with E-state index < -0.39 is 4.92 Å². The van der Waals surface area contributed by atoms with Crippen molar-refractivity contribution in [3.63, 3.8) is 0 Å². The second-order valence-corrected chi connectivity index (χ2v) is 7.87. The molecule has 32 heavy (non-hydrogen) atoms. The number of rotatable bonds is 6. The molecular formula is C22H22ClFN6O2. The summed E-state index contributed by atoms with van der Waals surface area (Å²) in [7, 11) is 0. The maximum atomic E-state index is 14.1. The van der Waals surface area contributed by atoms with Crippen LogP contribution in [0.25, 0.3) is 0 Å². The van der Waals surface area contributed by atoms with Gasteiger partial charge in [-0.25, -0.2) is 14.4 Å². The normalized spacial score (nSPS) is 13.8. The van der Waals surface area contributed by atoms with Crippen molar-refractivity contribution in [2.45, 2.75) is 13.5 Å². The number of nitrogens with one attached hydrogen (secondary N) is 1. The molecule has 2 heterocycles. The number of anilines is 3. The topological polar surface area (TPSA) is 87.4 Å². The van der Waals surface area contributed by atoms with Gasteiger partial charge in [0.2, 0.25) is 11.6 Å². The van der Waals surface area contributed by atoms with Gasteiger partial charge in [-0.1, -0.05) is 35.9 Å². The van der Waals surface area contributed by atoms with Crippen molar-refractivity contribution in [1.82, 2.24) is 9.97 Å². The standard InChI is InChI=1S/C22H22ClFN6O2/c1-15-5-4-6-17(23)16(15)13-25-21-20(30(31)32)22(27-14-26-21)29-11-9-28(10-12-29)19-8-3-2-7-18(19)24/h2-8,14H,9-13H2,1H3,(H,25,26,27). The number of para-hydroxylation sites is 1. The predicted octanol–water partition coefficient (Wildman–Crippen LogP) is 4.42. The molecule has 1 fully saturated rings. The summed E-state index contributed by atoms with van der Waals surface area (Å²) in [4.78, 5) is 23.5. The van der Waals surface area contributed by atoms with Crippen LogP contribution in [0.1, 0.15) is 11.1 Å². The van der Waals surface area contributed by atoms with Crippen molar-refractivity contribution >= 4 is 34.6 Å². The minimum Gasteiger partial charge on any atom is -0.366 e. The fraction of sp³-hybridized carbons (Fsp3) is 0.273. The Bertz CT molecular complexity index is 1120. The number of aromatic nitrogens is 2. The first-order valence-electron chi connectivity index (χ1n) is 10.2. The van der Waals surface area contributed by atoms with E-state index in [0.717, 1.165) is 11.1 Å². The van der Waals surface area contributed by atoms with E-state index in [4.69, 9.17) is 11.6 Å². The molecule has 0 unspecified atom stereocenters. The van der Waals surface area contributed by atoms with Gasteiger partial charge in [-0.15, -0.1) is 0 Å². The molecule has 4 rings (SSSR count). The molecule has 1 aliphatic heterocycles. The van der Waals surface area contributed by atoms with Crippen LogP contribution < -0.4 is 15.1 Å². The van der Waals surface area contributed by atoms with Crippen molar-refractivity contribution in [3.05, 3.63) is 80.9 Å². The molecule has 0 radical (unpaired) electrons. The molecule has 0 aliphatic carbocycles. The largest absolute Gasteiger partial charge is 0.366 e. The summed E-state index contributed by atoms with van der Waals surface area (Å²) in [5, 5.41) is 15.6. The van der Waals surface area contributed by atoms with Gasteiger partial charge in [-0.3, -0.25) is 10.1 Å². The Hall–Kier alpha value is -3.46. The molecule has 1 aromatic heterocycles. The molecule has 166 valence electrons. The van der Waals surface area contributed by atoms with Crippen LogP contribution in [0.5, 0.6) is 0 Å². The number of hydrogen-bond donors (Lipinski definition) is 1. The summed E-state index contributed by atoms with van der Waals surface area (Å²) >= 11 is 6.28. The SMILES string of the molecule is Cc1cccc(Cl)c1CNc1ncnc(N2CCN(c3ccccc3F)CC2)c1[N+](=O)[O-]. The predicted molar refractivity (Wildman–Crippen MR) is 123 cm³/mol. The number of benzene rings is 2. The van der Waals surface area contributed by atoms with Crippen LogP contribution in [-0.4, -0.2) is 41.1 Å². The van der Waals surface area contributed by atoms with Crippen molar-refractivity contribution < 1.29 is 9.31 Å². The zero-order chi connectivity index (χ0) is 22.7. The third-order valence-corrected chi connectivity index (χ3v) is 5.90. The highest BCUT2D eigenvalue weighted by molar-refractivity contribution is 6.31. The third kappa shape index (κ3) is 4.43. The number of hydrogen-bond acceptors (Lipinski definition) is 7. The zero-order valence-electron chi connectivity index (χ0n) is 17.5. The van der Waals surface area contributed by atoms with E-state index >= 15 is 0 Å². The van der Waals surface area contributed by atoms with Gasteiger partial charge in [0.05, 0.1) is 10.6 Å². The molecule has 0 spiro atoms. The highest BCUT2D eigenvalue weighted by Gasteiger charge is 2.29. The summed E-state index contributed by atoms with van der Waals surface area (Å²) < 4.78 is 14.1. The molecule has 1 N–H and O–H groups in total. The van der Waals surface area contributed by atoms with Crippen LogP contribution in [0.4, 0.5) is 27.4 Å². The summed E-state index contributed by atoms with van der Waals surface area (Å²) in [5.74, 6) is 0.0998. The minimum atomic E-state index is -0.472. The molecule has 1 saturated heterocycles. The quantitative estimate of drug-likeness (QED) is 0.433. The lowest BCUT2D eigenvalue weighted by atomic mass is 10.1. The molecule has 1 aliphatic rings. The van der Waals surface area contributed by atoms with Gasteiger partial charge >= 0.3 is 5.69 Å². The maximum absolute atomic E-state index is 14.1. The number of nitrogens with zero attached hydrogens (tertiary/aromatic N) is 5. The average molecular weight is 457 g/mol. The van der Waals surface area contributed by atoms with Crippen LogP contribution in [0.2, 0.25) is 5.02 Å². The van der Waals surface area contributed by atoms with Gasteiger partial charge < -0.3 is 15.1 Å². The van der Waals surface area contributed by atoms with E-state index in [1.54, 1.807) is 24.3 Å². The Morgan fingerprint density at radius 1 is 1.09 bits per heavy atom. The zero-order valence-corrected chi connectivity index (χ0v) is 18.2. The van der Waals surface area contributed by atoms with E-state index in [9.17, 15) is 14.5 Å². The van der Waals surface area contributed by atoms with Crippen LogP contribution in [0.3, 0.4) is 0 Å². The summed E-state index contributed by atoms with van der Waals surface area (Å²) in [5.41, 5.74) is 2.17. The maximum Gasteiger partial charge on any atom is 0.353 e. The molecule has 0 bridgehead atoms. The van der Waals surface area contributed by atoms with Crippen molar-refractivity contribution in [3.8, 4) is 0 Å². The smallest absolute Gasteiger partial charge is 0.353 e. The second-order valence-electron chi connectivity index (χ2n) is 7.47. The van der Waals surface area contributed by atoms with Crippen LogP contribution in [0, 0.1) is 22.9 Å². The lowest BCUT2D eigenvalue weighted by Gasteiger charge is -2.36. The first kappa shape index (κ1) is 21.8. The monoisotopic (exact) mass is 456 g/mol.